The van der Waals surface area contributed by atoms with Crippen molar-refractivity contribution in [1.29, 1.82) is 0 Å². The molecule has 0 aliphatic carbocycles. The van der Waals surface area contributed by atoms with E-state index in [1.54, 1.807) is 37.4 Å². The molecule has 21 heavy (non-hydrogen) atoms. The number of methoxy groups -OCH3 is 1. The first-order chi connectivity index (χ1) is 10.0. The van der Waals surface area contributed by atoms with Crippen molar-refractivity contribution in [1.82, 2.24) is 0 Å². The van der Waals surface area contributed by atoms with Gasteiger partial charge < -0.3 is 10.5 Å². The van der Waals surface area contributed by atoms with Gasteiger partial charge in [-0.15, -0.1) is 0 Å². The number of nitro groups is 1. The predicted molar refractivity (Wildman–Crippen MR) is 81.7 cm³/mol. The van der Waals surface area contributed by atoms with E-state index in [2.05, 4.69) is 0 Å². The number of hydrogen-bond acceptors (Lipinski definition) is 4. The summed E-state index contributed by atoms with van der Waals surface area (Å²) < 4.78 is 5.28. The van der Waals surface area contributed by atoms with E-state index in [4.69, 9.17) is 22.1 Å². The molecule has 0 amide bonds. The SMILES string of the molecule is COc1ccc(Cl)cc1C(N)Cc1ccc([N+](=O)[O-])cc1. The van der Waals surface area contributed by atoms with Crippen LogP contribution in [0.4, 0.5) is 5.69 Å². The number of hydrogen-bond donors (Lipinski definition) is 1. The van der Waals surface area contributed by atoms with Crippen LogP contribution in [0.2, 0.25) is 5.02 Å². The molecule has 0 fully saturated rings. The van der Waals surface area contributed by atoms with Gasteiger partial charge in [0, 0.05) is 28.8 Å². The Morgan fingerprint density at radius 1 is 1.29 bits per heavy atom. The van der Waals surface area contributed by atoms with Crippen molar-refractivity contribution < 1.29 is 9.66 Å². The first-order valence-electron chi connectivity index (χ1n) is 6.33. The number of halogens is 1. The summed E-state index contributed by atoms with van der Waals surface area (Å²) in [4.78, 5) is 10.2. The van der Waals surface area contributed by atoms with Crippen LogP contribution in [-0.4, -0.2) is 12.0 Å². The summed E-state index contributed by atoms with van der Waals surface area (Å²) in [6.45, 7) is 0. The Labute approximate surface area is 127 Å². The van der Waals surface area contributed by atoms with Gasteiger partial charge in [0.25, 0.3) is 5.69 Å². The molecule has 2 aromatic rings. The van der Waals surface area contributed by atoms with Gasteiger partial charge in [-0.3, -0.25) is 10.1 Å². The third-order valence-electron chi connectivity index (χ3n) is 3.19. The van der Waals surface area contributed by atoms with Crippen molar-refractivity contribution in [2.75, 3.05) is 7.11 Å². The van der Waals surface area contributed by atoms with Crippen molar-refractivity contribution in [2.45, 2.75) is 12.5 Å². The summed E-state index contributed by atoms with van der Waals surface area (Å²) in [7, 11) is 1.57. The van der Waals surface area contributed by atoms with Crippen LogP contribution in [0.15, 0.2) is 42.5 Å². The zero-order valence-corrected chi connectivity index (χ0v) is 12.2. The molecule has 5 nitrogen and oxygen atoms in total. The molecular weight excluding hydrogens is 292 g/mol. The van der Waals surface area contributed by atoms with E-state index >= 15 is 0 Å². The number of ether oxygens (including phenoxy) is 1. The number of nitrogens with two attached hydrogens (primary N) is 1. The van der Waals surface area contributed by atoms with Crippen molar-refractivity contribution in [3.63, 3.8) is 0 Å². The Morgan fingerprint density at radius 3 is 2.52 bits per heavy atom. The third kappa shape index (κ3) is 3.71. The van der Waals surface area contributed by atoms with Crippen LogP contribution < -0.4 is 10.5 Å². The lowest BCUT2D eigenvalue weighted by Crippen LogP contribution is -2.14. The molecule has 0 heterocycles. The molecule has 0 radical (unpaired) electrons. The van der Waals surface area contributed by atoms with E-state index in [1.165, 1.54) is 12.1 Å². The maximum atomic E-state index is 10.6. The van der Waals surface area contributed by atoms with Gasteiger partial charge in [-0.25, -0.2) is 0 Å². The fraction of sp³-hybridized carbons (Fsp3) is 0.200. The lowest BCUT2D eigenvalue weighted by Gasteiger charge is -2.16. The molecule has 0 aliphatic heterocycles. The normalized spacial score (nSPS) is 12.0. The second-order valence-corrected chi connectivity index (χ2v) is 5.06. The highest BCUT2D eigenvalue weighted by atomic mass is 35.5. The number of nitrogens with zero attached hydrogens (tertiary/aromatic N) is 1. The summed E-state index contributed by atoms with van der Waals surface area (Å²) in [6.07, 6.45) is 0.536. The van der Waals surface area contributed by atoms with E-state index in [9.17, 15) is 10.1 Å². The summed E-state index contributed by atoms with van der Waals surface area (Å²) in [5.41, 5.74) is 7.98. The second-order valence-electron chi connectivity index (χ2n) is 4.62. The highest BCUT2D eigenvalue weighted by Gasteiger charge is 2.14. The molecule has 2 rings (SSSR count). The smallest absolute Gasteiger partial charge is 0.269 e. The fourth-order valence-electron chi connectivity index (χ4n) is 2.11. The first kappa shape index (κ1) is 15.3. The second kappa shape index (κ2) is 6.56. The van der Waals surface area contributed by atoms with Crippen molar-refractivity contribution in [2.24, 2.45) is 5.73 Å². The molecule has 0 saturated heterocycles. The predicted octanol–water partition coefficient (Wildman–Crippen LogP) is 3.50. The number of benzene rings is 2. The van der Waals surface area contributed by atoms with E-state index in [0.717, 1.165) is 11.1 Å². The van der Waals surface area contributed by atoms with Crippen molar-refractivity contribution in [3.05, 3.63) is 68.7 Å². The van der Waals surface area contributed by atoms with Crippen molar-refractivity contribution >= 4 is 17.3 Å². The largest absolute Gasteiger partial charge is 0.496 e. The van der Waals surface area contributed by atoms with E-state index < -0.39 is 4.92 Å². The van der Waals surface area contributed by atoms with Crippen LogP contribution in [0.3, 0.4) is 0 Å². The fourth-order valence-corrected chi connectivity index (χ4v) is 2.29. The third-order valence-corrected chi connectivity index (χ3v) is 3.43. The van der Waals surface area contributed by atoms with Gasteiger partial charge in [-0.1, -0.05) is 23.7 Å². The highest BCUT2D eigenvalue weighted by molar-refractivity contribution is 6.30. The summed E-state index contributed by atoms with van der Waals surface area (Å²) >= 11 is 5.99. The van der Waals surface area contributed by atoms with E-state index in [0.29, 0.717) is 17.2 Å². The van der Waals surface area contributed by atoms with E-state index in [1.807, 2.05) is 0 Å². The first-order valence-corrected chi connectivity index (χ1v) is 6.71. The molecule has 0 aliphatic rings. The van der Waals surface area contributed by atoms with Crippen LogP contribution in [0.1, 0.15) is 17.2 Å². The Hall–Kier alpha value is -2.11. The van der Waals surface area contributed by atoms with Gasteiger partial charge in [-0.05, 0) is 30.2 Å². The molecule has 6 heteroatoms. The van der Waals surface area contributed by atoms with Gasteiger partial charge in [0.05, 0.1) is 12.0 Å². The monoisotopic (exact) mass is 306 g/mol. The van der Waals surface area contributed by atoms with Gasteiger partial charge in [0.1, 0.15) is 5.75 Å². The maximum Gasteiger partial charge on any atom is 0.269 e. The number of non-ortho nitro benzene ring substituents is 1. The minimum absolute atomic E-state index is 0.0626. The zero-order valence-electron chi connectivity index (χ0n) is 11.5. The average Bonchev–Trinajstić information content (AvgIpc) is 2.47. The lowest BCUT2D eigenvalue weighted by molar-refractivity contribution is -0.384. The summed E-state index contributed by atoms with van der Waals surface area (Å²) in [5, 5.41) is 11.2. The summed E-state index contributed by atoms with van der Waals surface area (Å²) in [5.74, 6) is 0.675. The average molecular weight is 307 g/mol. The molecule has 2 aromatic carbocycles. The van der Waals surface area contributed by atoms with Gasteiger partial charge in [-0.2, -0.15) is 0 Å². The Bertz CT molecular complexity index is 644. The van der Waals surface area contributed by atoms with Crippen LogP contribution in [0, 0.1) is 10.1 Å². The number of rotatable bonds is 5. The molecule has 2 N–H and O–H groups in total. The maximum absolute atomic E-state index is 10.6. The molecule has 110 valence electrons. The lowest BCUT2D eigenvalue weighted by atomic mass is 9.99. The van der Waals surface area contributed by atoms with E-state index in [-0.39, 0.29) is 11.7 Å². The molecular formula is C15H15ClN2O3. The van der Waals surface area contributed by atoms with Gasteiger partial charge in [0.15, 0.2) is 0 Å². The summed E-state index contributed by atoms with van der Waals surface area (Å²) in [6, 6.07) is 11.3. The Balaban J connectivity index is 2.19. The number of nitro benzene ring substituents is 1. The Kier molecular flexibility index (Phi) is 4.77. The van der Waals surface area contributed by atoms with Gasteiger partial charge in [0.2, 0.25) is 0 Å². The minimum atomic E-state index is -0.427. The molecule has 0 saturated carbocycles. The highest BCUT2D eigenvalue weighted by Crippen LogP contribution is 2.29. The zero-order chi connectivity index (χ0) is 15.4. The van der Waals surface area contributed by atoms with Gasteiger partial charge >= 0.3 is 0 Å². The Morgan fingerprint density at radius 2 is 1.95 bits per heavy atom. The molecule has 1 atom stereocenters. The molecule has 0 spiro atoms. The van der Waals surface area contributed by atoms with Crippen LogP contribution >= 0.6 is 11.6 Å². The van der Waals surface area contributed by atoms with Crippen LogP contribution in [0.25, 0.3) is 0 Å². The molecule has 0 bridgehead atoms. The van der Waals surface area contributed by atoms with Crippen molar-refractivity contribution in [3.8, 4) is 5.75 Å². The van der Waals surface area contributed by atoms with Crippen LogP contribution in [-0.2, 0) is 6.42 Å². The van der Waals surface area contributed by atoms with Crippen LogP contribution in [0.5, 0.6) is 5.75 Å². The minimum Gasteiger partial charge on any atom is -0.496 e. The molecule has 1 unspecified atom stereocenters. The molecule has 0 aromatic heterocycles. The topological polar surface area (TPSA) is 78.4 Å². The standard InChI is InChI=1S/C15H15ClN2O3/c1-21-15-7-4-11(16)9-13(15)14(17)8-10-2-5-12(6-3-10)18(19)20/h2-7,9,14H,8,17H2,1H3. The quantitative estimate of drug-likeness (QED) is 0.677.